The second kappa shape index (κ2) is 4.23. The highest BCUT2D eigenvalue weighted by molar-refractivity contribution is 9.11. The number of carbonyl (C=O) groups is 1. The molecule has 0 radical (unpaired) electrons. The van der Waals surface area contributed by atoms with Crippen molar-refractivity contribution in [2.75, 3.05) is 5.32 Å². The molecule has 2 aromatic rings. The number of nitrogens with one attached hydrogen (secondary N) is 1. The summed E-state index contributed by atoms with van der Waals surface area (Å²) in [6.07, 6.45) is 3.92. The monoisotopic (exact) mass is 312 g/mol. The molecule has 0 unspecified atom stereocenters. The molecule has 2 heterocycles. The second-order valence-electron chi connectivity index (χ2n) is 3.89. The molecule has 17 heavy (non-hydrogen) atoms. The van der Waals surface area contributed by atoms with Gasteiger partial charge >= 0.3 is 0 Å². The van der Waals surface area contributed by atoms with Gasteiger partial charge in [-0.25, -0.2) is 0 Å². The number of anilines is 1. The van der Waals surface area contributed by atoms with Gasteiger partial charge in [-0.15, -0.1) is 21.5 Å². The van der Waals surface area contributed by atoms with Gasteiger partial charge in [0.05, 0.1) is 9.35 Å². The molecule has 0 bridgehead atoms. The van der Waals surface area contributed by atoms with E-state index in [-0.39, 0.29) is 5.91 Å². The summed E-state index contributed by atoms with van der Waals surface area (Å²) in [5.74, 6) is 0.377. The standard InChI is InChI=1S/C10H9BrN4OS/c11-8-3-6(4-17-8)9(16)13-10-14-12-5-15(10)7-1-2-7/h3-5,7H,1-2H2,(H,13,14,16). The van der Waals surface area contributed by atoms with Crippen LogP contribution >= 0.6 is 27.3 Å². The minimum Gasteiger partial charge on any atom is -0.297 e. The van der Waals surface area contributed by atoms with E-state index in [1.54, 1.807) is 17.8 Å². The molecule has 1 aliphatic rings. The van der Waals surface area contributed by atoms with Gasteiger partial charge in [-0.2, -0.15) is 0 Å². The topological polar surface area (TPSA) is 59.8 Å². The summed E-state index contributed by atoms with van der Waals surface area (Å²) in [5, 5.41) is 12.3. The molecule has 0 spiro atoms. The Hall–Kier alpha value is -1.21. The third-order valence-electron chi connectivity index (χ3n) is 2.57. The Morgan fingerprint density at radius 3 is 3.06 bits per heavy atom. The molecule has 5 nitrogen and oxygen atoms in total. The maximum absolute atomic E-state index is 11.9. The SMILES string of the molecule is O=C(Nc1nncn1C1CC1)c1csc(Br)c1. The van der Waals surface area contributed by atoms with Crippen molar-refractivity contribution >= 4 is 39.1 Å². The van der Waals surface area contributed by atoms with Gasteiger partial charge in [0.25, 0.3) is 5.91 Å². The number of halogens is 1. The predicted octanol–water partition coefficient (Wildman–Crippen LogP) is 2.69. The summed E-state index contributed by atoms with van der Waals surface area (Å²) in [6, 6.07) is 2.24. The highest BCUT2D eigenvalue weighted by Gasteiger charge is 2.26. The van der Waals surface area contributed by atoms with Crippen LogP contribution in [0.25, 0.3) is 0 Å². The Kier molecular flexibility index (Phi) is 2.71. The molecule has 3 rings (SSSR count). The van der Waals surface area contributed by atoms with Crippen LogP contribution in [-0.4, -0.2) is 20.7 Å². The fourth-order valence-corrected chi connectivity index (χ4v) is 2.69. The first-order valence-corrected chi connectivity index (χ1v) is 6.86. The molecule has 7 heteroatoms. The average Bonchev–Trinajstić information content (AvgIpc) is 2.89. The molecule has 0 saturated heterocycles. The van der Waals surface area contributed by atoms with Crippen molar-refractivity contribution in [1.82, 2.24) is 14.8 Å². The molecule has 0 aromatic carbocycles. The average molecular weight is 313 g/mol. The number of nitrogens with zero attached hydrogens (tertiary/aromatic N) is 3. The normalized spacial score (nSPS) is 14.9. The van der Waals surface area contributed by atoms with E-state index >= 15 is 0 Å². The van der Waals surface area contributed by atoms with Gasteiger partial charge < -0.3 is 0 Å². The van der Waals surface area contributed by atoms with E-state index in [4.69, 9.17) is 0 Å². The third kappa shape index (κ3) is 2.25. The van der Waals surface area contributed by atoms with E-state index in [0.717, 1.165) is 16.6 Å². The van der Waals surface area contributed by atoms with Gasteiger partial charge in [0.1, 0.15) is 6.33 Å². The molecule has 1 saturated carbocycles. The first-order valence-electron chi connectivity index (χ1n) is 5.19. The van der Waals surface area contributed by atoms with Crippen molar-refractivity contribution in [2.24, 2.45) is 0 Å². The maximum Gasteiger partial charge on any atom is 0.258 e. The Labute approximate surface area is 110 Å². The van der Waals surface area contributed by atoms with E-state index in [2.05, 4.69) is 31.4 Å². The Morgan fingerprint density at radius 1 is 1.59 bits per heavy atom. The smallest absolute Gasteiger partial charge is 0.258 e. The molecule has 2 aromatic heterocycles. The second-order valence-corrected chi connectivity index (χ2v) is 6.18. The Balaban J connectivity index is 1.78. The summed E-state index contributed by atoms with van der Waals surface area (Å²) < 4.78 is 2.85. The van der Waals surface area contributed by atoms with Crippen molar-refractivity contribution in [3.05, 3.63) is 27.1 Å². The van der Waals surface area contributed by atoms with Crippen LogP contribution in [0.1, 0.15) is 29.2 Å². The zero-order valence-electron chi connectivity index (χ0n) is 8.76. The van der Waals surface area contributed by atoms with E-state index in [1.165, 1.54) is 11.3 Å². The van der Waals surface area contributed by atoms with Crippen LogP contribution in [0, 0.1) is 0 Å². The fraction of sp³-hybridized carbons (Fsp3) is 0.300. The number of carbonyl (C=O) groups excluding carboxylic acids is 1. The molecule has 1 N–H and O–H groups in total. The zero-order valence-corrected chi connectivity index (χ0v) is 11.2. The zero-order chi connectivity index (χ0) is 11.8. The third-order valence-corrected chi connectivity index (χ3v) is 4.07. The van der Waals surface area contributed by atoms with Crippen LogP contribution in [0.15, 0.2) is 21.6 Å². The van der Waals surface area contributed by atoms with Crippen LogP contribution in [-0.2, 0) is 0 Å². The predicted molar refractivity (Wildman–Crippen MR) is 68.3 cm³/mol. The minimum absolute atomic E-state index is 0.151. The van der Waals surface area contributed by atoms with Gasteiger partial charge in [0.15, 0.2) is 0 Å². The quantitative estimate of drug-likeness (QED) is 0.948. The van der Waals surface area contributed by atoms with Crippen LogP contribution in [0.5, 0.6) is 0 Å². The molecule has 0 atom stereocenters. The van der Waals surface area contributed by atoms with E-state index in [9.17, 15) is 4.79 Å². The molecular formula is C10H9BrN4OS. The van der Waals surface area contributed by atoms with Crippen LogP contribution in [0.4, 0.5) is 5.95 Å². The molecule has 88 valence electrons. The number of hydrogen-bond donors (Lipinski definition) is 1. The molecule has 1 aliphatic carbocycles. The van der Waals surface area contributed by atoms with Crippen molar-refractivity contribution in [1.29, 1.82) is 0 Å². The molecular weight excluding hydrogens is 304 g/mol. The summed E-state index contributed by atoms with van der Waals surface area (Å²) in [6.45, 7) is 0. The lowest BCUT2D eigenvalue weighted by atomic mass is 10.3. The van der Waals surface area contributed by atoms with Gasteiger partial charge in [0.2, 0.25) is 5.95 Å². The molecule has 1 amide bonds. The highest BCUT2D eigenvalue weighted by Crippen LogP contribution is 2.36. The van der Waals surface area contributed by atoms with E-state index in [1.807, 2.05) is 4.57 Å². The lowest BCUT2D eigenvalue weighted by Gasteiger charge is -2.04. The van der Waals surface area contributed by atoms with E-state index < -0.39 is 0 Å². The van der Waals surface area contributed by atoms with Gasteiger partial charge in [0, 0.05) is 11.4 Å². The number of hydrogen-bond acceptors (Lipinski definition) is 4. The number of amides is 1. The summed E-state index contributed by atoms with van der Waals surface area (Å²) in [5.41, 5.74) is 0.632. The van der Waals surface area contributed by atoms with E-state index in [0.29, 0.717) is 17.6 Å². The van der Waals surface area contributed by atoms with Crippen molar-refractivity contribution in [3.63, 3.8) is 0 Å². The van der Waals surface area contributed by atoms with Crippen LogP contribution in [0.2, 0.25) is 0 Å². The first-order chi connectivity index (χ1) is 8.24. The van der Waals surface area contributed by atoms with Crippen LogP contribution < -0.4 is 5.32 Å². The largest absolute Gasteiger partial charge is 0.297 e. The molecule has 0 aliphatic heterocycles. The van der Waals surface area contributed by atoms with Gasteiger partial charge in [-0.05, 0) is 34.8 Å². The maximum atomic E-state index is 11.9. The van der Waals surface area contributed by atoms with Gasteiger partial charge in [-0.1, -0.05) is 0 Å². The summed E-state index contributed by atoms with van der Waals surface area (Å²) in [4.78, 5) is 11.9. The molecule has 1 fully saturated rings. The highest BCUT2D eigenvalue weighted by atomic mass is 79.9. The minimum atomic E-state index is -0.151. The van der Waals surface area contributed by atoms with Gasteiger partial charge in [-0.3, -0.25) is 14.7 Å². The number of rotatable bonds is 3. The Morgan fingerprint density at radius 2 is 2.41 bits per heavy atom. The lowest BCUT2D eigenvalue weighted by Crippen LogP contribution is -2.14. The number of thiophene rings is 1. The lowest BCUT2D eigenvalue weighted by molar-refractivity contribution is 0.102. The first kappa shape index (κ1) is 10.9. The Bertz CT molecular complexity index is 560. The van der Waals surface area contributed by atoms with Crippen molar-refractivity contribution in [2.45, 2.75) is 18.9 Å². The summed E-state index contributed by atoms with van der Waals surface area (Å²) >= 11 is 4.81. The fourth-order valence-electron chi connectivity index (χ4n) is 1.55. The summed E-state index contributed by atoms with van der Waals surface area (Å²) in [7, 11) is 0. The van der Waals surface area contributed by atoms with Crippen LogP contribution in [0.3, 0.4) is 0 Å². The van der Waals surface area contributed by atoms with Crippen molar-refractivity contribution in [3.8, 4) is 0 Å². The van der Waals surface area contributed by atoms with Crippen molar-refractivity contribution < 1.29 is 4.79 Å². The number of aromatic nitrogens is 3.